The molecule has 3 aromatic carbocycles. The summed E-state index contributed by atoms with van der Waals surface area (Å²) in [5, 5.41) is 29.2. The zero-order valence-corrected chi connectivity index (χ0v) is 19.1. The number of benzene rings is 3. The van der Waals surface area contributed by atoms with Gasteiger partial charge >= 0.3 is 5.97 Å². The van der Waals surface area contributed by atoms with Gasteiger partial charge < -0.3 is 20.1 Å². The van der Waals surface area contributed by atoms with E-state index in [1.807, 2.05) is 30.3 Å². The first-order valence-electron chi connectivity index (χ1n) is 10.8. The number of sulfonamides is 1. The molecule has 0 bridgehead atoms. The zero-order valence-electron chi connectivity index (χ0n) is 18.3. The van der Waals surface area contributed by atoms with E-state index in [1.165, 1.54) is 29.8 Å². The van der Waals surface area contributed by atoms with Crippen molar-refractivity contribution in [3.05, 3.63) is 83.4 Å². The summed E-state index contributed by atoms with van der Waals surface area (Å²) in [7, 11) is -4.15. The lowest BCUT2D eigenvalue weighted by Gasteiger charge is -2.33. The molecule has 1 heterocycles. The second-order valence-corrected chi connectivity index (χ2v) is 10.0. The van der Waals surface area contributed by atoms with E-state index in [0.717, 1.165) is 17.1 Å². The van der Waals surface area contributed by atoms with Crippen LogP contribution in [-0.2, 0) is 34.2 Å². The van der Waals surface area contributed by atoms with Gasteiger partial charge in [-0.05, 0) is 65.9 Å². The fourth-order valence-corrected chi connectivity index (χ4v) is 5.57. The third-order valence-corrected chi connectivity index (χ3v) is 7.69. The molecule has 178 valence electrons. The lowest BCUT2D eigenvalue weighted by molar-refractivity contribution is -0.141. The van der Waals surface area contributed by atoms with E-state index < -0.39 is 27.8 Å². The van der Waals surface area contributed by atoms with E-state index in [9.17, 15) is 28.5 Å². The Labute approximate surface area is 197 Å². The molecule has 9 heteroatoms. The van der Waals surface area contributed by atoms with E-state index in [0.29, 0.717) is 23.5 Å². The Morgan fingerprint density at radius 1 is 0.971 bits per heavy atom. The molecule has 0 spiro atoms. The number of hydrogen-bond donors (Lipinski definition) is 3. The lowest BCUT2D eigenvalue weighted by atomic mass is 9.95. The van der Waals surface area contributed by atoms with Gasteiger partial charge in [-0.3, -0.25) is 4.79 Å². The highest BCUT2D eigenvalue weighted by molar-refractivity contribution is 7.89. The number of ether oxygens (including phenoxy) is 1. The van der Waals surface area contributed by atoms with Gasteiger partial charge in [0.15, 0.2) is 11.5 Å². The molecule has 0 saturated carbocycles. The van der Waals surface area contributed by atoms with Gasteiger partial charge in [0.05, 0.1) is 11.5 Å². The summed E-state index contributed by atoms with van der Waals surface area (Å²) in [6.07, 6.45) is 1.55. The molecule has 0 saturated heterocycles. The Morgan fingerprint density at radius 3 is 2.26 bits per heavy atom. The van der Waals surface area contributed by atoms with Gasteiger partial charge in [-0.1, -0.05) is 30.3 Å². The van der Waals surface area contributed by atoms with Crippen LogP contribution in [0.5, 0.6) is 17.2 Å². The molecular formula is C25H25NO7S. The quantitative estimate of drug-likeness (QED) is 0.332. The number of rotatable bonds is 8. The normalized spacial score (nSPS) is 16.1. The highest BCUT2D eigenvalue weighted by Gasteiger charge is 2.40. The smallest absolute Gasteiger partial charge is 0.322 e. The molecule has 0 fully saturated rings. The van der Waals surface area contributed by atoms with Crippen molar-refractivity contribution < 1.29 is 33.3 Å². The van der Waals surface area contributed by atoms with Crippen molar-refractivity contribution in [2.75, 3.05) is 6.61 Å². The van der Waals surface area contributed by atoms with Gasteiger partial charge in [-0.25, -0.2) is 8.42 Å². The van der Waals surface area contributed by atoms with Crippen LogP contribution in [0.15, 0.2) is 71.6 Å². The van der Waals surface area contributed by atoms with Crippen molar-refractivity contribution in [3.63, 3.8) is 0 Å². The molecule has 0 radical (unpaired) electrons. The molecule has 8 nitrogen and oxygen atoms in total. The molecule has 34 heavy (non-hydrogen) atoms. The molecule has 0 amide bonds. The number of carboxylic acids is 1. The van der Waals surface area contributed by atoms with Gasteiger partial charge in [0.2, 0.25) is 10.0 Å². The number of hydrogen-bond acceptors (Lipinski definition) is 6. The SMILES string of the molecule is O=C(O)[C@H]1Cc2cc(O)c(O)cc2CN1S(=O)(=O)c1ccc(OCCCc2ccccc2)cc1. The Balaban J connectivity index is 1.47. The maximum atomic E-state index is 13.3. The van der Waals surface area contributed by atoms with Crippen LogP contribution in [0, 0.1) is 0 Å². The fourth-order valence-electron chi connectivity index (χ4n) is 4.01. The van der Waals surface area contributed by atoms with Crippen molar-refractivity contribution in [1.82, 2.24) is 4.31 Å². The van der Waals surface area contributed by atoms with Gasteiger partial charge in [-0.2, -0.15) is 4.31 Å². The van der Waals surface area contributed by atoms with Crippen LogP contribution in [0.3, 0.4) is 0 Å². The second kappa shape index (κ2) is 9.74. The van der Waals surface area contributed by atoms with Crippen molar-refractivity contribution in [2.24, 2.45) is 0 Å². The van der Waals surface area contributed by atoms with Crippen LogP contribution in [0.1, 0.15) is 23.1 Å². The van der Waals surface area contributed by atoms with Gasteiger partial charge in [0.1, 0.15) is 11.8 Å². The summed E-state index contributed by atoms with van der Waals surface area (Å²) < 4.78 is 33.2. The highest BCUT2D eigenvalue weighted by atomic mass is 32.2. The Hall–Kier alpha value is -3.56. The fraction of sp³-hybridized carbons (Fsp3) is 0.240. The number of aliphatic carboxylic acids is 1. The van der Waals surface area contributed by atoms with Gasteiger partial charge in [-0.15, -0.1) is 0 Å². The van der Waals surface area contributed by atoms with Crippen LogP contribution in [0.25, 0.3) is 0 Å². The molecule has 1 aliphatic heterocycles. The Morgan fingerprint density at radius 2 is 1.62 bits per heavy atom. The highest BCUT2D eigenvalue weighted by Crippen LogP contribution is 2.35. The van der Waals surface area contributed by atoms with Crippen molar-refractivity contribution in [3.8, 4) is 17.2 Å². The number of phenols is 2. The average molecular weight is 484 g/mol. The van der Waals surface area contributed by atoms with E-state index in [2.05, 4.69) is 0 Å². The first kappa shape index (κ1) is 23.6. The van der Waals surface area contributed by atoms with Crippen LogP contribution in [0.2, 0.25) is 0 Å². The van der Waals surface area contributed by atoms with E-state index in [-0.39, 0.29) is 23.6 Å². The number of aromatic hydroxyl groups is 2. The Bertz CT molecular complexity index is 1270. The molecule has 0 aromatic heterocycles. The predicted octanol–water partition coefficient (Wildman–Crippen LogP) is 3.31. The lowest BCUT2D eigenvalue weighted by Crippen LogP contribution is -2.48. The summed E-state index contributed by atoms with van der Waals surface area (Å²) in [5.74, 6) is -1.54. The van der Waals surface area contributed by atoms with E-state index in [1.54, 1.807) is 12.1 Å². The predicted molar refractivity (Wildman–Crippen MR) is 124 cm³/mol. The van der Waals surface area contributed by atoms with Gasteiger partial charge in [0, 0.05) is 13.0 Å². The van der Waals surface area contributed by atoms with Crippen LogP contribution in [-0.4, -0.2) is 46.7 Å². The minimum absolute atomic E-state index is 0.0539. The summed E-state index contributed by atoms with van der Waals surface area (Å²) in [5.41, 5.74) is 2.13. The first-order valence-corrected chi connectivity index (χ1v) is 12.2. The molecule has 3 aromatic rings. The number of carbonyl (C=O) groups is 1. The van der Waals surface area contributed by atoms with Crippen molar-refractivity contribution >= 4 is 16.0 Å². The number of aryl methyl sites for hydroxylation is 1. The molecule has 4 rings (SSSR count). The van der Waals surface area contributed by atoms with Crippen molar-refractivity contribution in [1.29, 1.82) is 0 Å². The summed E-state index contributed by atoms with van der Waals surface area (Å²) in [6, 6.07) is 17.1. The number of phenolic OH excluding ortho intramolecular Hbond substituents is 2. The summed E-state index contributed by atoms with van der Waals surface area (Å²) in [4.78, 5) is 11.8. The monoisotopic (exact) mass is 483 g/mol. The number of nitrogens with zero attached hydrogens (tertiary/aromatic N) is 1. The number of fused-ring (bicyclic) bond motifs is 1. The van der Waals surface area contributed by atoms with Gasteiger partial charge in [0.25, 0.3) is 0 Å². The standard InChI is InChI=1S/C25H25NO7S/c27-23-14-18-13-22(25(29)30)26(16-19(18)15-24(23)28)34(31,32)21-10-8-20(9-11-21)33-12-4-7-17-5-2-1-3-6-17/h1-3,5-6,8-11,14-15,22,27-28H,4,7,12-13,16H2,(H,29,30)/t22-/m1/s1. The molecule has 1 atom stereocenters. The second-order valence-electron chi connectivity index (χ2n) is 8.13. The minimum atomic E-state index is -4.15. The molecule has 1 aliphatic rings. The van der Waals surface area contributed by atoms with E-state index in [4.69, 9.17) is 4.74 Å². The van der Waals surface area contributed by atoms with Crippen molar-refractivity contribution in [2.45, 2.75) is 36.7 Å². The molecule has 3 N–H and O–H groups in total. The average Bonchev–Trinajstić information content (AvgIpc) is 2.83. The zero-order chi connectivity index (χ0) is 24.3. The van der Waals surface area contributed by atoms with Crippen LogP contribution < -0.4 is 4.74 Å². The Kier molecular flexibility index (Phi) is 6.76. The largest absolute Gasteiger partial charge is 0.504 e. The summed E-state index contributed by atoms with van der Waals surface area (Å²) in [6.45, 7) is 0.238. The van der Waals surface area contributed by atoms with Crippen LogP contribution in [0.4, 0.5) is 0 Å². The molecule has 0 unspecified atom stereocenters. The van der Waals surface area contributed by atoms with Crippen LogP contribution >= 0.6 is 0 Å². The molecular weight excluding hydrogens is 458 g/mol. The minimum Gasteiger partial charge on any atom is -0.504 e. The topological polar surface area (TPSA) is 124 Å². The maximum absolute atomic E-state index is 13.3. The van der Waals surface area contributed by atoms with E-state index >= 15 is 0 Å². The molecule has 0 aliphatic carbocycles. The number of carboxylic acid groups (broad SMARTS) is 1. The summed E-state index contributed by atoms with van der Waals surface area (Å²) >= 11 is 0. The first-order chi connectivity index (χ1) is 16.3. The third kappa shape index (κ3) is 5.00. The maximum Gasteiger partial charge on any atom is 0.322 e. The third-order valence-electron chi connectivity index (χ3n) is 5.82.